The Bertz CT molecular complexity index is 833. The summed E-state index contributed by atoms with van der Waals surface area (Å²) in [5, 5.41) is 8.04. The Balaban J connectivity index is 1.83. The van der Waals surface area contributed by atoms with Crippen molar-refractivity contribution in [1.82, 2.24) is 0 Å². The van der Waals surface area contributed by atoms with Gasteiger partial charge in [0.25, 0.3) is 5.91 Å². The standard InChI is InChI=1S/C18H16FN3O2/c1-12-4-2-7-15(10-12)22-17(23)9-8-16(21-22)18(24)20-14-6-3-5-13(19)11-14/h2-7,10-11H,8-9H2,1H3,(H,20,24). The van der Waals surface area contributed by atoms with Gasteiger partial charge in [-0.3, -0.25) is 9.59 Å². The van der Waals surface area contributed by atoms with Gasteiger partial charge in [0.2, 0.25) is 5.91 Å². The predicted molar refractivity (Wildman–Crippen MR) is 90.4 cm³/mol. The first kappa shape index (κ1) is 15.9. The summed E-state index contributed by atoms with van der Waals surface area (Å²) >= 11 is 0. The zero-order chi connectivity index (χ0) is 17.1. The maximum Gasteiger partial charge on any atom is 0.271 e. The molecular formula is C18H16FN3O2. The van der Waals surface area contributed by atoms with Gasteiger partial charge >= 0.3 is 0 Å². The molecule has 0 bridgehead atoms. The van der Waals surface area contributed by atoms with E-state index in [1.165, 1.54) is 23.2 Å². The molecule has 122 valence electrons. The van der Waals surface area contributed by atoms with Gasteiger partial charge in [0.05, 0.1) is 5.69 Å². The van der Waals surface area contributed by atoms with Crippen LogP contribution in [0.1, 0.15) is 18.4 Å². The van der Waals surface area contributed by atoms with Gasteiger partial charge in [-0.15, -0.1) is 0 Å². The average Bonchev–Trinajstić information content (AvgIpc) is 2.55. The van der Waals surface area contributed by atoms with E-state index in [4.69, 9.17) is 0 Å². The molecule has 3 rings (SSSR count). The van der Waals surface area contributed by atoms with Crippen molar-refractivity contribution in [3.63, 3.8) is 0 Å². The van der Waals surface area contributed by atoms with Crippen LogP contribution in [-0.2, 0) is 9.59 Å². The number of hydrogen-bond acceptors (Lipinski definition) is 3. The molecule has 0 radical (unpaired) electrons. The first-order valence-corrected chi connectivity index (χ1v) is 7.57. The van der Waals surface area contributed by atoms with Crippen LogP contribution in [0.5, 0.6) is 0 Å². The summed E-state index contributed by atoms with van der Waals surface area (Å²) in [5.74, 6) is -1.04. The summed E-state index contributed by atoms with van der Waals surface area (Å²) in [4.78, 5) is 24.4. The van der Waals surface area contributed by atoms with Crippen molar-refractivity contribution in [3.05, 3.63) is 59.9 Å². The third-order valence-corrected chi connectivity index (χ3v) is 3.62. The van der Waals surface area contributed by atoms with E-state index in [1.54, 1.807) is 12.1 Å². The van der Waals surface area contributed by atoms with E-state index in [0.29, 0.717) is 11.4 Å². The minimum atomic E-state index is -0.439. The van der Waals surface area contributed by atoms with Crippen LogP contribution in [-0.4, -0.2) is 17.5 Å². The molecule has 1 heterocycles. The van der Waals surface area contributed by atoms with Gasteiger partial charge in [-0.05, 0) is 42.8 Å². The van der Waals surface area contributed by atoms with Crippen LogP contribution >= 0.6 is 0 Å². The number of anilines is 2. The SMILES string of the molecule is Cc1cccc(N2N=C(C(=O)Nc3cccc(F)c3)CCC2=O)c1. The van der Waals surface area contributed by atoms with E-state index < -0.39 is 11.7 Å². The van der Waals surface area contributed by atoms with Crippen molar-refractivity contribution in [2.24, 2.45) is 5.10 Å². The molecule has 0 spiro atoms. The van der Waals surface area contributed by atoms with Gasteiger partial charge in [0.1, 0.15) is 11.5 Å². The van der Waals surface area contributed by atoms with Gasteiger partial charge in [0.15, 0.2) is 0 Å². The van der Waals surface area contributed by atoms with Crippen molar-refractivity contribution < 1.29 is 14.0 Å². The lowest BCUT2D eigenvalue weighted by atomic mass is 10.1. The van der Waals surface area contributed by atoms with E-state index in [0.717, 1.165) is 5.56 Å². The molecule has 2 aromatic carbocycles. The number of rotatable bonds is 3. The summed E-state index contributed by atoms with van der Waals surface area (Å²) < 4.78 is 13.2. The Labute approximate surface area is 138 Å². The minimum Gasteiger partial charge on any atom is -0.321 e. The van der Waals surface area contributed by atoms with Gasteiger partial charge in [0, 0.05) is 18.5 Å². The average molecular weight is 325 g/mol. The molecular weight excluding hydrogens is 309 g/mol. The van der Waals surface area contributed by atoms with Crippen LogP contribution in [0.4, 0.5) is 15.8 Å². The molecule has 1 aliphatic rings. The molecule has 2 amide bonds. The fourth-order valence-corrected chi connectivity index (χ4v) is 2.45. The molecule has 0 saturated heterocycles. The normalized spacial score (nSPS) is 14.3. The predicted octanol–water partition coefficient (Wildman–Crippen LogP) is 3.26. The highest BCUT2D eigenvalue weighted by molar-refractivity contribution is 6.44. The van der Waals surface area contributed by atoms with Crippen molar-refractivity contribution in [2.45, 2.75) is 19.8 Å². The van der Waals surface area contributed by atoms with Gasteiger partial charge in [-0.25, -0.2) is 9.40 Å². The van der Waals surface area contributed by atoms with Gasteiger partial charge < -0.3 is 5.32 Å². The number of hydrogen-bond donors (Lipinski definition) is 1. The largest absolute Gasteiger partial charge is 0.321 e. The van der Waals surface area contributed by atoms with Crippen molar-refractivity contribution in [2.75, 3.05) is 10.3 Å². The molecule has 24 heavy (non-hydrogen) atoms. The monoisotopic (exact) mass is 325 g/mol. The summed E-state index contributed by atoms with van der Waals surface area (Å²) in [5.41, 5.74) is 2.20. The fourth-order valence-electron chi connectivity index (χ4n) is 2.45. The lowest BCUT2D eigenvalue weighted by molar-refractivity contribution is -0.118. The zero-order valence-electron chi connectivity index (χ0n) is 13.1. The molecule has 0 aromatic heterocycles. The molecule has 5 nitrogen and oxygen atoms in total. The third kappa shape index (κ3) is 3.48. The second-order valence-corrected chi connectivity index (χ2v) is 5.56. The number of amides is 2. The molecule has 2 aromatic rings. The van der Waals surface area contributed by atoms with E-state index in [2.05, 4.69) is 10.4 Å². The number of nitrogens with zero attached hydrogens (tertiary/aromatic N) is 2. The highest BCUT2D eigenvalue weighted by Crippen LogP contribution is 2.21. The highest BCUT2D eigenvalue weighted by Gasteiger charge is 2.25. The van der Waals surface area contributed by atoms with Crippen LogP contribution in [0.25, 0.3) is 0 Å². The molecule has 1 aliphatic heterocycles. The van der Waals surface area contributed by atoms with Crippen LogP contribution < -0.4 is 10.3 Å². The Morgan fingerprint density at radius 2 is 1.96 bits per heavy atom. The molecule has 6 heteroatoms. The van der Waals surface area contributed by atoms with E-state index in [9.17, 15) is 14.0 Å². The topological polar surface area (TPSA) is 61.8 Å². The van der Waals surface area contributed by atoms with Crippen LogP contribution in [0.3, 0.4) is 0 Å². The third-order valence-electron chi connectivity index (χ3n) is 3.62. The van der Waals surface area contributed by atoms with Crippen LogP contribution in [0.2, 0.25) is 0 Å². The Kier molecular flexibility index (Phi) is 4.37. The lowest BCUT2D eigenvalue weighted by Crippen LogP contribution is -2.36. The molecule has 0 aliphatic carbocycles. The second-order valence-electron chi connectivity index (χ2n) is 5.56. The number of hydrazone groups is 1. The Morgan fingerprint density at radius 3 is 2.71 bits per heavy atom. The second kappa shape index (κ2) is 6.62. The smallest absolute Gasteiger partial charge is 0.271 e. The molecule has 1 N–H and O–H groups in total. The highest BCUT2D eigenvalue weighted by atomic mass is 19.1. The van der Waals surface area contributed by atoms with E-state index in [1.807, 2.05) is 25.1 Å². The van der Waals surface area contributed by atoms with Crippen LogP contribution in [0, 0.1) is 12.7 Å². The summed E-state index contributed by atoms with van der Waals surface area (Å²) in [6.07, 6.45) is 0.450. The van der Waals surface area contributed by atoms with Crippen LogP contribution in [0.15, 0.2) is 53.6 Å². The molecule has 0 saturated carbocycles. The summed E-state index contributed by atoms with van der Waals surface area (Å²) in [6.45, 7) is 1.92. The summed E-state index contributed by atoms with van der Waals surface area (Å²) in [7, 11) is 0. The number of nitrogens with one attached hydrogen (secondary N) is 1. The number of halogens is 1. The summed E-state index contributed by atoms with van der Waals surface area (Å²) in [6, 6.07) is 13.0. The number of aryl methyl sites for hydroxylation is 1. The Hall–Kier alpha value is -3.02. The van der Waals surface area contributed by atoms with Crippen molar-refractivity contribution in [1.29, 1.82) is 0 Å². The fraction of sp³-hybridized carbons (Fsp3) is 0.167. The quantitative estimate of drug-likeness (QED) is 0.941. The molecule has 0 unspecified atom stereocenters. The number of benzene rings is 2. The minimum absolute atomic E-state index is 0.164. The number of carbonyl (C=O) groups is 2. The lowest BCUT2D eigenvalue weighted by Gasteiger charge is -2.23. The van der Waals surface area contributed by atoms with E-state index in [-0.39, 0.29) is 24.5 Å². The Morgan fingerprint density at radius 1 is 1.17 bits per heavy atom. The first-order valence-electron chi connectivity index (χ1n) is 7.57. The van der Waals surface area contributed by atoms with Crippen molar-refractivity contribution in [3.8, 4) is 0 Å². The molecule has 0 atom stereocenters. The maximum atomic E-state index is 13.2. The zero-order valence-corrected chi connectivity index (χ0v) is 13.1. The first-order chi connectivity index (χ1) is 11.5. The van der Waals surface area contributed by atoms with Gasteiger partial charge in [-0.1, -0.05) is 18.2 Å². The molecule has 0 fully saturated rings. The number of carbonyl (C=O) groups excluding carboxylic acids is 2. The van der Waals surface area contributed by atoms with Crippen molar-refractivity contribution >= 4 is 28.9 Å². The van der Waals surface area contributed by atoms with Gasteiger partial charge in [-0.2, -0.15) is 5.10 Å². The maximum absolute atomic E-state index is 13.2. The van der Waals surface area contributed by atoms with E-state index >= 15 is 0 Å².